The van der Waals surface area contributed by atoms with Crippen molar-refractivity contribution in [3.8, 4) is 0 Å². The van der Waals surface area contributed by atoms with Crippen molar-refractivity contribution in [2.45, 2.75) is 41.2 Å². The lowest BCUT2D eigenvalue weighted by Crippen LogP contribution is -2.12. The summed E-state index contributed by atoms with van der Waals surface area (Å²) in [7, 11) is 3.80. The van der Waals surface area contributed by atoms with Crippen LogP contribution in [-0.4, -0.2) is 38.8 Å². The van der Waals surface area contributed by atoms with E-state index in [-0.39, 0.29) is 5.95 Å². The van der Waals surface area contributed by atoms with Crippen LogP contribution in [0, 0.1) is 20.8 Å². The summed E-state index contributed by atoms with van der Waals surface area (Å²) in [5.74, 6) is 0.834. The van der Waals surface area contributed by atoms with Crippen LogP contribution in [0.4, 0.5) is 11.8 Å². The van der Waals surface area contributed by atoms with Gasteiger partial charge < -0.3 is 10.6 Å². The molecule has 7 nitrogen and oxygen atoms in total. The summed E-state index contributed by atoms with van der Waals surface area (Å²) in [6.45, 7) is 10.7. The quantitative estimate of drug-likeness (QED) is 0.705. The van der Waals surface area contributed by atoms with Crippen LogP contribution in [0.5, 0.6) is 0 Å². The number of nitrogens with two attached hydrogens (primary N) is 1. The van der Waals surface area contributed by atoms with Crippen LogP contribution in [-0.2, 0) is 6.54 Å². The molecule has 0 saturated carbocycles. The normalized spacial score (nSPS) is 10.6. The van der Waals surface area contributed by atoms with Crippen molar-refractivity contribution in [1.82, 2.24) is 24.7 Å². The summed E-state index contributed by atoms with van der Waals surface area (Å²) >= 11 is 6.28. The van der Waals surface area contributed by atoms with Gasteiger partial charge in [0.15, 0.2) is 11.5 Å². The Balaban J connectivity index is 0.00000117. The fraction of sp³-hybridized carbons (Fsp3) is 0.444. The molecule has 0 aliphatic carbocycles. The average Bonchev–Trinajstić information content (AvgIpc) is 2.96. The van der Waals surface area contributed by atoms with E-state index in [1.54, 1.807) is 4.68 Å². The van der Waals surface area contributed by atoms with Gasteiger partial charge in [0.25, 0.3) is 0 Å². The molecule has 2 N–H and O–H groups in total. The SMILES string of the molecule is CC.Cc1cnc(Cn2nc(N(C)C)c3c(Cl)nc(N)nc32)c(C)c1C. The summed E-state index contributed by atoms with van der Waals surface area (Å²) in [6, 6.07) is 0. The fourth-order valence-corrected chi connectivity index (χ4v) is 2.89. The van der Waals surface area contributed by atoms with Gasteiger partial charge in [-0.05, 0) is 37.5 Å². The van der Waals surface area contributed by atoms with Crippen LogP contribution < -0.4 is 10.6 Å². The molecule has 0 spiro atoms. The largest absolute Gasteiger partial charge is 0.368 e. The lowest BCUT2D eigenvalue weighted by Gasteiger charge is -2.11. The molecule has 8 heteroatoms. The minimum absolute atomic E-state index is 0.128. The van der Waals surface area contributed by atoms with E-state index in [2.05, 4.69) is 40.8 Å². The molecule has 0 amide bonds. The smallest absolute Gasteiger partial charge is 0.223 e. The third-order valence-corrected chi connectivity index (χ3v) is 4.54. The first kappa shape index (κ1) is 19.9. The zero-order chi connectivity index (χ0) is 19.6. The van der Waals surface area contributed by atoms with Gasteiger partial charge in [0.05, 0.1) is 12.2 Å². The maximum atomic E-state index is 6.28. The number of halogens is 1. The monoisotopic (exact) mass is 375 g/mol. The number of nitrogens with zero attached hydrogens (tertiary/aromatic N) is 6. The Kier molecular flexibility index (Phi) is 6.02. The van der Waals surface area contributed by atoms with Gasteiger partial charge in [0, 0.05) is 20.3 Å². The number of hydrogen-bond donors (Lipinski definition) is 1. The van der Waals surface area contributed by atoms with E-state index >= 15 is 0 Å². The third-order valence-electron chi connectivity index (χ3n) is 4.27. The molecule has 3 rings (SSSR count). The Hall–Kier alpha value is -2.41. The van der Waals surface area contributed by atoms with Crippen LogP contribution in [0.25, 0.3) is 11.0 Å². The molecule has 0 bridgehead atoms. The number of aromatic nitrogens is 5. The molecule has 26 heavy (non-hydrogen) atoms. The maximum absolute atomic E-state index is 6.28. The van der Waals surface area contributed by atoms with E-state index in [1.807, 2.05) is 39.0 Å². The fourth-order valence-electron chi connectivity index (χ4n) is 2.63. The lowest BCUT2D eigenvalue weighted by molar-refractivity contribution is 0.682. The van der Waals surface area contributed by atoms with Gasteiger partial charge in [-0.15, -0.1) is 0 Å². The molecular formula is C18H26ClN7. The molecule has 0 aromatic carbocycles. The van der Waals surface area contributed by atoms with E-state index in [4.69, 9.17) is 17.3 Å². The molecular weight excluding hydrogens is 350 g/mol. The number of rotatable bonds is 3. The average molecular weight is 376 g/mol. The van der Waals surface area contributed by atoms with Gasteiger partial charge in [0.1, 0.15) is 10.5 Å². The van der Waals surface area contributed by atoms with Crippen molar-refractivity contribution in [2.24, 2.45) is 0 Å². The van der Waals surface area contributed by atoms with Crippen LogP contribution in [0.3, 0.4) is 0 Å². The van der Waals surface area contributed by atoms with Crippen molar-refractivity contribution >= 4 is 34.4 Å². The molecule has 0 atom stereocenters. The van der Waals surface area contributed by atoms with Gasteiger partial charge in [-0.3, -0.25) is 4.98 Å². The number of aryl methyl sites for hydroxylation is 1. The number of fused-ring (bicyclic) bond motifs is 1. The van der Waals surface area contributed by atoms with Crippen LogP contribution in [0.15, 0.2) is 6.20 Å². The van der Waals surface area contributed by atoms with E-state index in [0.717, 1.165) is 11.3 Å². The van der Waals surface area contributed by atoms with Gasteiger partial charge in [-0.25, -0.2) is 9.67 Å². The van der Waals surface area contributed by atoms with Crippen molar-refractivity contribution in [1.29, 1.82) is 0 Å². The Bertz CT molecular complexity index is 931. The number of nitrogen functional groups attached to an aromatic ring is 1. The first-order chi connectivity index (χ1) is 12.3. The zero-order valence-corrected chi connectivity index (χ0v) is 17.2. The molecule has 3 aromatic heterocycles. The maximum Gasteiger partial charge on any atom is 0.223 e. The van der Waals surface area contributed by atoms with E-state index in [9.17, 15) is 0 Å². The molecule has 3 aromatic rings. The topological polar surface area (TPSA) is 85.8 Å². The highest BCUT2D eigenvalue weighted by Gasteiger charge is 2.19. The summed E-state index contributed by atoms with van der Waals surface area (Å²) in [6.07, 6.45) is 1.88. The van der Waals surface area contributed by atoms with Crippen LogP contribution in [0.1, 0.15) is 36.2 Å². The van der Waals surface area contributed by atoms with E-state index in [1.165, 1.54) is 11.1 Å². The minimum Gasteiger partial charge on any atom is -0.368 e. The molecule has 0 unspecified atom stereocenters. The van der Waals surface area contributed by atoms with Crippen molar-refractivity contribution in [3.05, 3.63) is 33.7 Å². The minimum atomic E-state index is 0.128. The van der Waals surface area contributed by atoms with Crippen molar-refractivity contribution in [2.75, 3.05) is 24.7 Å². The van der Waals surface area contributed by atoms with Gasteiger partial charge in [-0.2, -0.15) is 10.1 Å². The molecule has 0 fully saturated rings. The molecule has 3 heterocycles. The molecule has 0 aliphatic heterocycles. The summed E-state index contributed by atoms with van der Waals surface area (Å²) in [5.41, 5.74) is 10.9. The third kappa shape index (κ3) is 3.58. The van der Waals surface area contributed by atoms with Crippen molar-refractivity contribution < 1.29 is 0 Å². The highest BCUT2D eigenvalue weighted by molar-refractivity contribution is 6.35. The first-order valence-corrected chi connectivity index (χ1v) is 8.96. The Labute approximate surface area is 159 Å². The predicted octanol–water partition coefficient (Wildman–Crippen LogP) is 3.52. The number of pyridine rings is 1. The highest BCUT2D eigenvalue weighted by atomic mass is 35.5. The second-order valence-corrected chi connectivity index (χ2v) is 6.44. The van der Waals surface area contributed by atoms with E-state index < -0.39 is 0 Å². The van der Waals surface area contributed by atoms with Crippen molar-refractivity contribution in [3.63, 3.8) is 0 Å². The zero-order valence-electron chi connectivity index (χ0n) is 16.4. The first-order valence-electron chi connectivity index (χ1n) is 8.58. The number of hydrogen-bond acceptors (Lipinski definition) is 6. The second-order valence-electron chi connectivity index (χ2n) is 6.08. The highest BCUT2D eigenvalue weighted by Crippen LogP contribution is 2.30. The van der Waals surface area contributed by atoms with Gasteiger partial charge in [0.2, 0.25) is 5.95 Å². The lowest BCUT2D eigenvalue weighted by atomic mass is 10.1. The number of anilines is 2. The predicted molar refractivity (Wildman–Crippen MR) is 108 cm³/mol. The Morgan fingerprint density at radius 3 is 2.38 bits per heavy atom. The summed E-state index contributed by atoms with van der Waals surface area (Å²) in [4.78, 5) is 14.8. The summed E-state index contributed by atoms with van der Waals surface area (Å²) < 4.78 is 1.78. The van der Waals surface area contributed by atoms with Gasteiger partial charge in [-0.1, -0.05) is 25.4 Å². The van der Waals surface area contributed by atoms with Gasteiger partial charge >= 0.3 is 0 Å². The molecule has 140 valence electrons. The van der Waals surface area contributed by atoms with E-state index in [0.29, 0.717) is 28.5 Å². The molecule has 0 radical (unpaired) electrons. The second kappa shape index (κ2) is 7.86. The Morgan fingerprint density at radius 2 is 1.77 bits per heavy atom. The summed E-state index contributed by atoms with van der Waals surface area (Å²) in [5, 5.41) is 5.63. The van der Waals surface area contributed by atoms with Crippen LogP contribution in [0.2, 0.25) is 5.15 Å². The molecule has 0 saturated heterocycles. The molecule has 0 aliphatic rings. The van der Waals surface area contributed by atoms with Crippen LogP contribution >= 0.6 is 11.6 Å². The Morgan fingerprint density at radius 1 is 1.12 bits per heavy atom. The standard InChI is InChI=1S/C16H20ClN7.C2H6/c1-8-6-19-11(10(3)9(8)2)7-24-14-12(15(22-24)23(4)5)13(17)20-16(18)21-14;1-2/h6H,7H2,1-5H3,(H2,18,20,21);1-2H3.